The molecule has 3 aromatic rings. The summed E-state index contributed by atoms with van der Waals surface area (Å²) in [6.45, 7) is 6.21. The Kier molecular flexibility index (Phi) is 6.40. The van der Waals surface area contributed by atoms with E-state index in [1.807, 2.05) is 37.3 Å². The molecule has 1 unspecified atom stereocenters. The van der Waals surface area contributed by atoms with Gasteiger partial charge in [-0.2, -0.15) is 0 Å². The fourth-order valence-corrected chi connectivity index (χ4v) is 3.39. The number of rotatable bonds is 8. The zero-order valence-electron chi connectivity index (χ0n) is 15.2. The van der Waals surface area contributed by atoms with E-state index in [9.17, 15) is 0 Å². The SMILES string of the molecule is C=C/C=C\C(=C/C)CC(CN)Nc1nnc(-c2ccc3cnccc3n2)s1. The molecular weight excluding hydrogens is 356 g/mol. The van der Waals surface area contributed by atoms with Crippen molar-refractivity contribution in [3.8, 4) is 10.7 Å². The number of allylic oxidation sites excluding steroid dienone is 4. The van der Waals surface area contributed by atoms with Crippen molar-refractivity contribution in [3.63, 3.8) is 0 Å². The molecule has 1 atom stereocenters. The van der Waals surface area contributed by atoms with Crippen LogP contribution >= 0.6 is 11.3 Å². The smallest absolute Gasteiger partial charge is 0.206 e. The van der Waals surface area contributed by atoms with Crippen LogP contribution in [0.1, 0.15) is 13.3 Å². The molecule has 0 radical (unpaired) electrons. The summed E-state index contributed by atoms with van der Waals surface area (Å²) < 4.78 is 0. The van der Waals surface area contributed by atoms with Crippen LogP contribution in [0.2, 0.25) is 0 Å². The fraction of sp³-hybridized carbons (Fsp3) is 0.200. The summed E-state index contributed by atoms with van der Waals surface area (Å²) in [6.07, 6.45) is 12.1. The lowest BCUT2D eigenvalue weighted by Crippen LogP contribution is -2.29. The molecule has 6 nitrogen and oxygen atoms in total. The third-order valence-electron chi connectivity index (χ3n) is 4.05. The summed E-state index contributed by atoms with van der Waals surface area (Å²) in [6, 6.07) is 5.89. The first kappa shape index (κ1) is 18.9. The lowest BCUT2D eigenvalue weighted by Gasteiger charge is -2.16. The third kappa shape index (κ3) is 4.84. The fourth-order valence-electron chi connectivity index (χ4n) is 2.60. The van der Waals surface area contributed by atoms with E-state index >= 15 is 0 Å². The summed E-state index contributed by atoms with van der Waals surface area (Å²) in [5.74, 6) is 0. The van der Waals surface area contributed by atoms with E-state index < -0.39 is 0 Å². The highest BCUT2D eigenvalue weighted by Crippen LogP contribution is 2.27. The highest BCUT2D eigenvalue weighted by Gasteiger charge is 2.13. The number of aromatic nitrogens is 4. The summed E-state index contributed by atoms with van der Waals surface area (Å²) in [4.78, 5) is 8.75. The maximum Gasteiger partial charge on any atom is 0.206 e. The minimum absolute atomic E-state index is 0.0714. The van der Waals surface area contributed by atoms with Crippen LogP contribution in [0.4, 0.5) is 5.13 Å². The van der Waals surface area contributed by atoms with E-state index in [1.165, 1.54) is 16.9 Å². The Morgan fingerprint density at radius 2 is 2.22 bits per heavy atom. The molecule has 0 spiro atoms. The Balaban J connectivity index is 1.73. The number of hydrogen-bond acceptors (Lipinski definition) is 7. The van der Waals surface area contributed by atoms with Gasteiger partial charge in [0.2, 0.25) is 5.13 Å². The van der Waals surface area contributed by atoms with E-state index in [-0.39, 0.29) is 6.04 Å². The molecule has 27 heavy (non-hydrogen) atoms. The molecule has 3 rings (SSSR count). The average molecular weight is 379 g/mol. The molecule has 138 valence electrons. The van der Waals surface area contributed by atoms with Gasteiger partial charge in [-0.1, -0.05) is 47.8 Å². The molecule has 3 heterocycles. The largest absolute Gasteiger partial charge is 0.356 e. The van der Waals surface area contributed by atoms with Crippen LogP contribution in [0.25, 0.3) is 21.6 Å². The molecule has 0 aromatic carbocycles. The Labute approximate surface area is 162 Å². The van der Waals surface area contributed by atoms with Crippen LogP contribution in [0.15, 0.2) is 67.0 Å². The van der Waals surface area contributed by atoms with Crippen molar-refractivity contribution in [2.75, 3.05) is 11.9 Å². The molecule has 0 amide bonds. The topological polar surface area (TPSA) is 89.6 Å². The van der Waals surface area contributed by atoms with Gasteiger partial charge in [0, 0.05) is 30.4 Å². The van der Waals surface area contributed by atoms with Crippen LogP contribution in [-0.2, 0) is 0 Å². The molecule has 0 fully saturated rings. The molecule has 7 heteroatoms. The third-order valence-corrected chi connectivity index (χ3v) is 4.92. The minimum Gasteiger partial charge on any atom is -0.356 e. The first-order chi connectivity index (χ1) is 13.2. The maximum absolute atomic E-state index is 5.94. The summed E-state index contributed by atoms with van der Waals surface area (Å²) in [7, 11) is 0. The van der Waals surface area contributed by atoms with Crippen LogP contribution in [0, 0.1) is 0 Å². The Bertz CT molecular complexity index is 975. The van der Waals surface area contributed by atoms with E-state index in [4.69, 9.17) is 5.73 Å². The number of nitrogens with zero attached hydrogens (tertiary/aromatic N) is 4. The Hall–Kier alpha value is -2.90. The molecule has 3 N–H and O–H groups in total. The molecule has 0 saturated carbocycles. The maximum atomic E-state index is 5.94. The van der Waals surface area contributed by atoms with Gasteiger partial charge >= 0.3 is 0 Å². The van der Waals surface area contributed by atoms with Crippen molar-refractivity contribution < 1.29 is 0 Å². The predicted octanol–water partition coefficient (Wildman–Crippen LogP) is 3.97. The van der Waals surface area contributed by atoms with Crippen molar-refractivity contribution in [1.82, 2.24) is 20.2 Å². The van der Waals surface area contributed by atoms with Gasteiger partial charge in [-0.3, -0.25) is 4.98 Å². The Morgan fingerprint density at radius 3 is 3.00 bits per heavy atom. The van der Waals surface area contributed by atoms with Crippen LogP contribution in [0.5, 0.6) is 0 Å². The minimum atomic E-state index is 0.0714. The first-order valence-electron chi connectivity index (χ1n) is 8.69. The highest BCUT2D eigenvalue weighted by molar-refractivity contribution is 7.18. The molecule has 0 aliphatic heterocycles. The first-order valence-corrected chi connectivity index (χ1v) is 9.50. The van der Waals surface area contributed by atoms with Gasteiger partial charge < -0.3 is 11.1 Å². The number of nitrogens with one attached hydrogen (secondary N) is 1. The van der Waals surface area contributed by atoms with Crippen molar-refractivity contribution in [2.24, 2.45) is 5.73 Å². The second-order valence-electron chi connectivity index (χ2n) is 5.92. The van der Waals surface area contributed by atoms with Crippen LogP contribution in [-0.4, -0.2) is 32.8 Å². The molecule has 3 aromatic heterocycles. The van der Waals surface area contributed by atoms with Gasteiger partial charge in [0.05, 0.1) is 5.52 Å². The summed E-state index contributed by atoms with van der Waals surface area (Å²) in [5.41, 5.74) is 8.81. The van der Waals surface area contributed by atoms with Gasteiger partial charge in [0.1, 0.15) is 5.69 Å². The molecule has 0 bridgehead atoms. The number of pyridine rings is 2. The second-order valence-corrected chi connectivity index (χ2v) is 6.89. The van der Waals surface area contributed by atoms with E-state index in [0.717, 1.165) is 33.2 Å². The molecular formula is C20H22N6S. The van der Waals surface area contributed by atoms with Gasteiger partial charge in [0.15, 0.2) is 5.01 Å². The summed E-state index contributed by atoms with van der Waals surface area (Å²) >= 11 is 1.47. The van der Waals surface area contributed by atoms with E-state index in [0.29, 0.717) is 6.54 Å². The molecule has 0 saturated heterocycles. The molecule has 0 aliphatic rings. The lowest BCUT2D eigenvalue weighted by atomic mass is 10.1. The van der Waals surface area contributed by atoms with E-state index in [2.05, 4.69) is 38.1 Å². The van der Waals surface area contributed by atoms with Crippen molar-refractivity contribution in [2.45, 2.75) is 19.4 Å². The van der Waals surface area contributed by atoms with Gasteiger partial charge in [-0.15, -0.1) is 10.2 Å². The van der Waals surface area contributed by atoms with Gasteiger partial charge in [-0.25, -0.2) is 4.98 Å². The van der Waals surface area contributed by atoms with Gasteiger partial charge in [-0.05, 0) is 31.5 Å². The van der Waals surface area contributed by atoms with Gasteiger partial charge in [0.25, 0.3) is 0 Å². The standard InChI is InChI=1S/C20H22N6S/c1-3-5-6-14(4-2)11-16(12-21)23-20-26-25-19(27-20)18-8-7-15-13-22-10-9-17(15)24-18/h3-10,13,16H,1,11-12,21H2,2H3,(H,23,26)/b6-5-,14-4+. The van der Waals surface area contributed by atoms with Crippen LogP contribution < -0.4 is 11.1 Å². The van der Waals surface area contributed by atoms with Crippen molar-refractivity contribution in [3.05, 3.63) is 67.0 Å². The number of hydrogen-bond donors (Lipinski definition) is 2. The van der Waals surface area contributed by atoms with Crippen LogP contribution in [0.3, 0.4) is 0 Å². The average Bonchev–Trinajstić information content (AvgIpc) is 3.18. The Morgan fingerprint density at radius 1 is 1.33 bits per heavy atom. The number of anilines is 1. The monoisotopic (exact) mass is 378 g/mol. The predicted molar refractivity (Wildman–Crippen MR) is 113 cm³/mol. The normalized spacial score (nSPS) is 13.2. The zero-order chi connectivity index (χ0) is 19.1. The number of fused-ring (bicyclic) bond motifs is 1. The van der Waals surface area contributed by atoms with E-state index in [1.54, 1.807) is 18.5 Å². The zero-order valence-corrected chi connectivity index (χ0v) is 16.0. The second kappa shape index (κ2) is 9.16. The number of nitrogens with two attached hydrogens (primary N) is 1. The van der Waals surface area contributed by atoms with Crippen molar-refractivity contribution in [1.29, 1.82) is 0 Å². The summed E-state index contributed by atoms with van der Waals surface area (Å²) in [5, 5.41) is 14.4. The van der Waals surface area contributed by atoms with Crippen molar-refractivity contribution >= 4 is 27.4 Å². The highest BCUT2D eigenvalue weighted by atomic mass is 32.1. The quantitative estimate of drug-likeness (QED) is 0.577. The lowest BCUT2D eigenvalue weighted by molar-refractivity contribution is 0.723. The molecule has 0 aliphatic carbocycles.